The number of carbonyl (C=O) groups is 2. The maximum atomic E-state index is 12.1. The Morgan fingerprint density at radius 2 is 1.93 bits per heavy atom. The molecule has 2 rings (SSSR count). The lowest BCUT2D eigenvalue weighted by Crippen LogP contribution is -2.46. The monoisotopic (exact) mass is 424 g/mol. The zero-order chi connectivity index (χ0) is 22.7. The fraction of sp³-hybridized carbons (Fsp3) is 0.739. The van der Waals surface area contributed by atoms with E-state index in [1.54, 1.807) is 6.92 Å². The highest BCUT2D eigenvalue weighted by atomic mass is 16.6. The zero-order valence-electron chi connectivity index (χ0n) is 18.8. The number of aliphatic hydroxyl groups excluding tert-OH is 1. The van der Waals surface area contributed by atoms with Gasteiger partial charge < -0.3 is 24.4 Å². The molecule has 7 heteroatoms. The molecule has 0 amide bonds. The minimum Gasteiger partial charge on any atom is -0.466 e. The molecule has 6 atom stereocenters. The number of hydrogen-bond donors (Lipinski definition) is 2. The van der Waals surface area contributed by atoms with Gasteiger partial charge in [0.2, 0.25) is 0 Å². The number of aliphatic hydroxyl groups is 2. The van der Waals surface area contributed by atoms with E-state index in [9.17, 15) is 19.8 Å². The quantitative estimate of drug-likeness (QED) is 0.408. The first kappa shape index (κ1) is 24.6. The summed E-state index contributed by atoms with van der Waals surface area (Å²) in [5.74, 6) is -1.26. The number of esters is 2. The summed E-state index contributed by atoms with van der Waals surface area (Å²) in [6.07, 6.45) is 2.86. The van der Waals surface area contributed by atoms with Gasteiger partial charge in [0.25, 0.3) is 0 Å². The van der Waals surface area contributed by atoms with Crippen LogP contribution in [0.5, 0.6) is 0 Å². The van der Waals surface area contributed by atoms with Crippen LogP contribution in [0.25, 0.3) is 0 Å². The lowest BCUT2D eigenvalue weighted by atomic mass is 9.81. The van der Waals surface area contributed by atoms with Crippen molar-refractivity contribution in [2.45, 2.75) is 95.7 Å². The third kappa shape index (κ3) is 5.71. The predicted molar refractivity (Wildman–Crippen MR) is 112 cm³/mol. The molecule has 170 valence electrons. The van der Waals surface area contributed by atoms with E-state index in [1.165, 1.54) is 14.0 Å². The Morgan fingerprint density at radius 1 is 1.27 bits per heavy atom. The maximum absolute atomic E-state index is 12.1. The largest absolute Gasteiger partial charge is 0.466 e. The molecular weight excluding hydrogens is 388 g/mol. The topological polar surface area (TPSA) is 102 Å². The Kier molecular flexibility index (Phi) is 7.88. The fourth-order valence-electron chi connectivity index (χ4n) is 4.40. The Morgan fingerprint density at radius 3 is 2.53 bits per heavy atom. The second-order valence-corrected chi connectivity index (χ2v) is 9.10. The highest BCUT2D eigenvalue weighted by Gasteiger charge is 2.49. The van der Waals surface area contributed by atoms with Crippen LogP contribution in [0.3, 0.4) is 0 Å². The molecule has 0 aromatic rings. The SMILES string of the molecule is C=C(C(=O)OC)[C@@H]1CC[C@@](C)(O)[C@H]2CC[C@@](C)(O2)[C@@H](OC(C)=O)C/C=C(\C)[C@@H](O)C1. The molecule has 0 unspecified atom stereocenters. The van der Waals surface area contributed by atoms with Crippen LogP contribution >= 0.6 is 0 Å². The molecule has 1 fully saturated rings. The van der Waals surface area contributed by atoms with E-state index in [-0.39, 0.29) is 17.9 Å². The molecule has 2 aliphatic heterocycles. The lowest BCUT2D eigenvalue weighted by molar-refractivity contribution is -0.182. The fourth-order valence-corrected chi connectivity index (χ4v) is 4.40. The second-order valence-electron chi connectivity index (χ2n) is 9.10. The molecule has 0 radical (unpaired) electrons. The van der Waals surface area contributed by atoms with E-state index >= 15 is 0 Å². The van der Waals surface area contributed by atoms with Crippen LogP contribution < -0.4 is 0 Å². The minimum atomic E-state index is -1.14. The van der Waals surface area contributed by atoms with Crippen LogP contribution in [0.1, 0.15) is 66.2 Å². The molecule has 0 aromatic carbocycles. The average Bonchev–Trinajstić information content (AvgIpc) is 3.10. The first-order valence-corrected chi connectivity index (χ1v) is 10.6. The molecule has 2 N–H and O–H groups in total. The molecule has 2 aliphatic rings. The van der Waals surface area contributed by atoms with Gasteiger partial charge in [0.15, 0.2) is 0 Å². The summed E-state index contributed by atoms with van der Waals surface area (Å²) < 4.78 is 16.7. The van der Waals surface area contributed by atoms with E-state index in [4.69, 9.17) is 14.2 Å². The van der Waals surface area contributed by atoms with Gasteiger partial charge in [0.05, 0.1) is 24.9 Å². The van der Waals surface area contributed by atoms with E-state index < -0.39 is 41.5 Å². The molecule has 0 spiro atoms. The Labute approximate surface area is 179 Å². The minimum absolute atomic E-state index is 0.282. The third-order valence-electron chi connectivity index (χ3n) is 6.62. The predicted octanol–water partition coefficient (Wildman–Crippen LogP) is 2.83. The van der Waals surface area contributed by atoms with Gasteiger partial charge in [-0.05, 0) is 64.4 Å². The van der Waals surface area contributed by atoms with Gasteiger partial charge in [-0.1, -0.05) is 12.7 Å². The van der Waals surface area contributed by atoms with E-state index in [1.807, 2.05) is 19.9 Å². The summed E-state index contributed by atoms with van der Waals surface area (Å²) in [5, 5.41) is 21.9. The van der Waals surface area contributed by atoms with Gasteiger partial charge in [0, 0.05) is 18.9 Å². The Bertz CT molecular complexity index is 696. The highest BCUT2D eigenvalue weighted by molar-refractivity contribution is 5.88. The number of methoxy groups -OCH3 is 1. The molecule has 1 saturated heterocycles. The number of ether oxygens (including phenoxy) is 3. The van der Waals surface area contributed by atoms with Crippen molar-refractivity contribution in [1.29, 1.82) is 0 Å². The van der Waals surface area contributed by atoms with E-state index in [2.05, 4.69) is 6.58 Å². The van der Waals surface area contributed by atoms with Gasteiger partial charge in [-0.2, -0.15) is 0 Å². The van der Waals surface area contributed by atoms with Crippen molar-refractivity contribution in [2.75, 3.05) is 7.11 Å². The smallest absolute Gasteiger partial charge is 0.333 e. The molecule has 7 nitrogen and oxygen atoms in total. The normalized spacial score (nSPS) is 39.5. The Balaban J connectivity index is 2.38. The lowest BCUT2D eigenvalue weighted by Gasteiger charge is -2.36. The summed E-state index contributed by atoms with van der Waals surface area (Å²) in [6.45, 7) is 10.7. The molecule has 2 bridgehead atoms. The maximum Gasteiger partial charge on any atom is 0.333 e. The van der Waals surface area contributed by atoms with Crippen LogP contribution in [-0.4, -0.2) is 58.8 Å². The molecule has 0 aromatic heterocycles. The highest BCUT2D eigenvalue weighted by Crippen LogP contribution is 2.42. The first-order valence-electron chi connectivity index (χ1n) is 10.6. The van der Waals surface area contributed by atoms with Crippen molar-refractivity contribution in [2.24, 2.45) is 5.92 Å². The van der Waals surface area contributed by atoms with Crippen LogP contribution in [0.15, 0.2) is 23.8 Å². The van der Waals surface area contributed by atoms with E-state index in [0.717, 1.165) is 5.57 Å². The molecule has 2 heterocycles. The van der Waals surface area contributed by atoms with Gasteiger partial charge in [-0.15, -0.1) is 0 Å². The summed E-state index contributed by atoms with van der Waals surface area (Å²) >= 11 is 0. The summed E-state index contributed by atoms with van der Waals surface area (Å²) in [4.78, 5) is 23.7. The second kappa shape index (κ2) is 9.62. The van der Waals surface area contributed by atoms with Crippen molar-refractivity contribution in [1.82, 2.24) is 0 Å². The van der Waals surface area contributed by atoms with Crippen LogP contribution in [0.2, 0.25) is 0 Å². The zero-order valence-corrected chi connectivity index (χ0v) is 18.8. The number of carbonyl (C=O) groups excluding carboxylic acids is 2. The standard InChI is InChI=1S/C23H36O7/c1-14-7-8-20(29-16(3)24)23(5)12-10-19(30-23)22(4,27)11-9-17(13-18(14)25)15(2)21(26)28-6/h7,17-20,25,27H,2,8-13H2,1,3-6H3/b14-7+/t17-,18+,19-,20+,22-,23-/m1/s1. The van der Waals surface area contributed by atoms with Crippen molar-refractivity contribution < 1.29 is 34.0 Å². The van der Waals surface area contributed by atoms with Gasteiger partial charge >= 0.3 is 11.9 Å². The van der Waals surface area contributed by atoms with Gasteiger partial charge in [-0.3, -0.25) is 4.79 Å². The van der Waals surface area contributed by atoms with Gasteiger partial charge in [-0.25, -0.2) is 4.79 Å². The van der Waals surface area contributed by atoms with Crippen molar-refractivity contribution in [3.8, 4) is 0 Å². The van der Waals surface area contributed by atoms with E-state index in [0.29, 0.717) is 32.1 Å². The van der Waals surface area contributed by atoms with Crippen LogP contribution in [0, 0.1) is 5.92 Å². The molecule has 30 heavy (non-hydrogen) atoms. The summed E-state index contributed by atoms with van der Waals surface area (Å²) in [7, 11) is 1.30. The average molecular weight is 425 g/mol. The molecule has 0 aliphatic carbocycles. The van der Waals surface area contributed by atoms with Crippen molar-refractivity contribution >= 4 is 11.9 Å². The number of rotatable bonds is 3. The van der Waals surface area contributed by atoms with Crippen LogP contribution in [-0.2, 0) is 23.8 Å². The number of hydrogen-bond acceptors (Lipinski definition) is 7. The third-order valence-corrected chi connectivity index (χ3v) is 6.62. The van der Waals surface area contributed by atoms with Crippen LogP contribution in [0.4, 0.5) is 0 Å². The Hall–Kier alpha value is -1.70. The van der Waals surface area contributed by atoms with Gasteiger partial charge in [0.1, 0.15) is 11.7 Å². The van der Waals surface area contributed by atoms with Crippen molar-refractivity contribution in [3.63, 3.8) is 0 Å². The molecular formula is C23H36O7. The summed E-state index contributed by atoms with van der Waals surface area (Å²) in [6, 6.07) is 0. The number of fused-ring (bicyclic) bond motifs is 2. The van der Waals surface area contributed by atoms with Crippen molar-refractivity contribution in [3.05, 3.63) is 23.8 Å². The first-order chi connectivity index (χ1) is 13.9. The summed E-state index contributed by atoms with van der Waals surface area (Å²) in [5.41, 5.74) is -0.872. The molecule has 0 saturated carbocycles.